The first-order chi connectivity index (χ1) is 14.0. The van der Waals surface area contributed by atoms with Gasteiger partial charge in [-0.05, 0) is 42.8 Å². The van der Waals surface area contributed by atoms with Gasteiger partial charge in [0.15, 0.2) is 13.2 Å². The summed E-state index contributed by atoms with van der Waals surface area (Å²) in [5, 5.41) is 2.12. The van der Waals surface area contributed by atoms with Gasteiger partial charge in [-0.3, -0.25) is 4.79 Å². The lowest BCUT2D eigenvalue weighted by Crippen LogP contribution is -2.20. The first kappa shape index (κ1) is 20.6. The number of hydrogen-bond donors (Lipinski definition) is 0. The fraction of sp³-hybridized carbons (Fsp3) is 0.304. The van der Waals surface area contributed by atoms with Crippen molar-refractivity contribution < 1.29 is 23.8 Å². The van der Waals surface area contributed by atoms with Crippen LogP contribution in [0.3, 0.4) is 0 Å². The second-order valence-electron chi connectivity index (χ2n) is 6.81. The summed E-state index contributed by atoms with van der Waals surface area (Å²) in [5.74, 6) is -0.241. The zero-order valence-corrected chi connectivity index (χ0v) is 16.9. The van der Waals surface area contributed by atoms with E-state index in [0.717, 1.165) is 22.2 Å². The molecule has 3 rings (SSSR count). The van der Waals surface area contributed by atoms with Gasteiger partial charge in [-0.2, -0.15) is 0 Å². The van der Waals surface area contributed by atoms with Gasteiger partial charge in [-0.15, -0.1) is 0 Å². The summed E-state index contributed by atoms with van der Waals surface area (Å²) in [7, 11) is 1.64. The summed E-state index contributed by atoms with van der Waals surface area (Å²) < 4.78 is 17.7. The quantitative estimate of drug-likeness (QED) is 0.408. The van der Waals surface area contributed by atoms with E-state index >= 15 is 0 Å². The van der Waals surface area contributed by atoms with Crippen molar-refractivity contribution in [3.8, 4) is 5.75 Å². The Morgan fingerprint density at radius 2 is 1.72 bits per heavy atom. The second-order valence-corrected chi connectivity index (χ2v) is 6.81. The average molecular weight is 395 g/mol. The molecular formula is C23H25NO5. The first-order valence-electron chi connectivity index (χ1n) is 9.45. The number of aromatic nitrogens is 1. The number of ether oxygens (including phenoxy) is 3. The van der Waals surface area contributed by atoms with Crippen molar-refractivity contribution in [1.29, 1.82) is 0 Å². The number of rotatable bonds is 9. The Balaban J connectivity index is 1.53. The predicted octanol–water partition coefficient (Wildman–Crippen LogP) is 3.71. The topological polar surface area (TPSA) is 66.8 Å². The molecule has 0 aliphatic carbocycles. The third-order valence-corrected chi connectivity index (χ3v) is 4.83. The van der Waals surface area contributed by atoms with Crippen LogP contribution in [0.25, 0.3) is 10.8 Å². The van der Waals surface area contributed by atoms with Crippen LogP contribution >= 0.6 is 0 Å². The van der Waals surface area contributed by atoms with Crippen LogP contribution in [0.5, 0.6) is 5.75 Å². The van der Waals surface area contributed by atoms with Gasteiger partial charge < -0.3 is 18.8 Å². The molecule has 2 aromatic carbocycles. The van der Waals surface area contributed by atoms with Crippen LogP contribution in [0.1, 0.15) is 21.7 Å². The smallest absolute Gasteiger partial charge is 0.344 e. The summed E-state index contributed by atoms with van der Waals surface area (Å²) >= 11 is 0. The molecule has 29 heavy (non-hydrogen) atoms. The first-order valence-corrected chi connectivity index (χ1v) is 9.45. The minimum absolute atomic E-state index is 0.235. The Morgan fingerprint density at radius 1 is 0.966 bits per heavy atom. The molecule has 0 fully saturated rings. The van der Waals surface area contributed by atoms with Crippen molar-refractivity contribution in [2.24, 2.45) is 0 Å². The Labute approximate surface area is 170 Å². The zero-order valence-electron chi connectivity index (χ0n) is 16.9. The molecule has 0 radical (unpaired) electrons. The fourth-order valence-electron chi connectivity index (χ4n) is 3.27. The molecule has 0 saturated heterocycles. The molecule has 0 atom stereocenters. The van der Waals surface area contributed by atoms with E-state index in [1.165, 1.54) is 0 Å². The highest BCUT2D eigenvalue weighted by atomic mass is 16.6. The predicted molar refractivity (Wildman–Crippen MR) is 111 cm³/mol. The minimum atomic E-state index is -0.584. The van der Waals surface area contributed by atoms with Gasteiger partial charge in [0, 0.05) is 30.6 Å². The van der Waals surface area contributed by atoms with Gasteiger partial charge >= 0.3 is 5.97 Å². The van der Waals surface area contributed by atoms with Crippen LogP contribution in [-0.4, -0.2) is 43.3 Å². The van der Waals surface area contributed by atoms with E-state index in [1.807, 2.05) is 60.9 Å². The van der Waals surface area contributed by atoms with E-state index < -0.39 is 5.97 Å². The molecule has 152 valence electrons. The normalized spacial score (nSPS) is 10.9. The third kappa shape index (κ3) is 5.03. The Morgan fingerprint density at radius 3 is 2.48 bits per heavy atom. The number of nitrogens with zero attached hydrogens (tertiary/aromatic N) is 1. The maximum atomic E-state index is 12.5. The van der Waals surface area contributed by atoms with Crippen LogP contribution < -0.4 is 4.74 Å². The standard InChI is InChI=1S/C23H25NO5/c1-16-12-21(17(2)24(16)10-11-27-3)22(25)14-29-23(26)15-28-20-9-8-18-6-4-5-7-19(18)13-20/h4-9,12-13H,10-11,14-15H2,1-3H3. The Hall–Kier alpha value is -3.12. The number of ketones is 1. The molecule has 6 heteroatoms. The maximum absolute atomic E-state index is 12.5. The van der Waals surface area contributed by atoms with Crippen molar-refractivity contribution >= 4 is 22.5 Å². The number of benzene rings is 2. The van der Waals surface area contributed by atoms with Crippen molar-refractivity contribution in [1.82, 2.24) is 4.57 Å². The lowest BCUT2D eigenvalue weighted by Gasteiger charge is -2.09. The van der Waals surface area contributed by atoms with E-state index in [0.29, 0.717) is 24.5 Å². The minimum Gasteiger partial charge on any atom is -0.482 e. The number of esters is 1. The molecule has 1 aromatic heterocycles. The second kappa shape index (κ2) is 9.39. The summed E-state index contributed by atoms with van der Waals surface area (Å²) in [4.78, 5) is 24.5. The molecule has 0 bridgehead atoms. The van der Waals surface area contributed by atoms with E-state index in [4.69, 9.17) is 14.2 Å². The summed E-state index contributed by atoms with van der Waals surface area (Å²) in [5.41, 5.74) is 2.36. The van der Waals surface area contributed by atoms with Gasteiger partial charge in [0.05, 0.1) is 6.61 Å². The van der Waals surface area contributed by atoms with E-state index in [9.17, 15) is 9.59 Å². The number of fused-ring (bicyclic) bond motifs is 1. The molecule has 0 saturated carbocycles. The van der Waals surface area contributed by atoms with E-state index in [2.05, 4.69) is 0 Å². The van der Waals surface area contributed by atoms with Crippen LogP contribution in [0.4, 0.5) is 0 Å². The molecule has 0 amide bonds. The zero-order chi connectivity index (χ0) is 20.8. The Bertz CT molecular complexity index is 1020. The molecular weight excluding hydrogens is 370 g/mol. The number of carbonyl (C=O) groups is 2. The van der Waals surface area contributed by atoms with Crippen molar-refractivity contribution in [2.45, 2.75) is 20.4 Å². The molecule has 0 aliphatic rings. The van der Waals surface area contributed by atoms with Crippen molar-refractivity contribution in [3.63, 3.8) is 0 Å². The Kier molecular flexibility index (Phi) is 6.67. The molecule has 3 aromatic rings. The highest BCUT2D eigenvalue weighted by Crippen LogP contribution is 2.20. The van der Waals surface area contributed by atoms with Crippen LogP contribution in [-0.2, 0) is 20.8 Å². The monoisotopic (exact) mass is 395 g/mol. The molecule has 0 N–H and O–H groups in total. The van der Waals surface area contributed by atoms with Crippen LogP contribution in [0.2, 0.25) is 0 Å². The number of aryl methyl sites for hydroxylation is 1. The molecule has 0 unspecified atom stereocenters. The maximum Gasteiger partial charge on any atom is 0.344 e. The number of Topliss-reactive ketones (excluding diaryl/α,β-unsaturated/α-hetero) is 1. The van der Waals surface area contributed by atoms with Crippen LogP contribution in [0.15, 0.2) is 48.5 Å². The fourth-order valence-corrected chi connectivity index (χ4v) is 3.27. The highest BCUT2D eigenvalue weighted by molar-refractivity contribution is 5.99. The van der Waals surface area contributed by atoms with Crippen molar-refractivity contribution in [3.05, 3.63) is 65.5 Å². The number of methoxy groups -OCH3 is 1. The number of carbonyl (C=O) groups excluding carboxylic acids is 2. The van der Waals surface area contributed by atoms with Gasteiger partial charge in [0.2, 0.25) is 5.78 Å². The largest absolute Gasteiger partial charge is 0.482 e. The van der Waals surface area contributed by atoms with E-state index in [-0.39, 0.29) is 19.0 Å². The van der Waals surface area contributed by atoms with E-state index in [1.54, 1.807) is 13.2 Å². The number of hydrogen-bond acceptors (Lipinski definition) is 5. The molecule has 0 aliphatic heterocycles. The summed E-state index contributed by atoms with van der Waals surface area (Å²) in [6.07, 6.45) is 0. The van der Waals surface area contributed by atoms with Crippen molar-refractivity contribution in [2.75, 3.05) is 26.9 Å². The van der Waals surface area contributed by atoms with Gasteiger partial charge in [-0.25, -0.2) is 4.79 Å². The molecule has 0 spiro atoms. The average Bonchev–Trinajstić information content (AvgIpc) is 3.02. The van der Waals surface area contributed by atoms with Gasteiger partial charge in [0.25, 0.3) is 0 Å². The highest BCUT2D eigenvalue weighted by Gasteiger charge is 2.17. The van der Waals surface area contributed by atoms with Gasteiger partial charge in [-0.1, -0.05) is 30.3 Å². The summed E-state index contributed by atoms with van der Waals surface area (Å²) in [6, 6.07) is 15.3. The van der Waals surface area contributed by atoms with Gasteiger partial charge in [0.1, 0.15) is 5.75 Å². The summed E-state index contributed by atoms with van der Waals surface area (Å²) in [6.45, 7) is 4.47. The lowest BCUT2D eigenvalue weighted by molar-refractivity contribution is -0.144. The molecule has 6 nitrogen and oxygen atoms in total. The van der Waals surface area contributed by atoms with Crippen LogP contribution in [0, 0.1) is 13.8 Å². The molecule has 1 heterocycles. The SMILES string of the molecule is COCCn1c(C)cc(C(=O)COC(=O)COc2ccc3ccccc3c2)c1C. The lowest BCUT2D eigenvalue weighted by atomic mass is 10.1. The third-order valence-electron chi connectivity index (χ3n) is 4.83.